The van der Waals surface area contributed by atoms with Crippen LogP contribution in [0.15, 0.2) is 41.3 Å². The lowest BCUT2D eigenvalue weighted by atomic mass is 9.73. The van der Waals surface area contributed by atoms with Crippen LogP contribution >= 0.6 is 11.8 Å². The fraction of sp³-hybridized carbons (Fsp3) is 0.462. The zero-order valence-corrected chi connectivity index (χ0v) is 18.9. The number of rotatable bonds is 7. The number of ketones is 2. The Morgan fingerprint density at radius 3 is 2.07 bits per heavy atom. The molecule has 0 spiro atoms. The molecule has 0 atom stereocenters. The van der Waals surface area contributed by atoms with Gasteiger partial charge in [0.2, 0.25) is 0 Å². The van der Waals surface area contributed by atoms with Gasteiger partial charge in [-0.25, -0.2) is 0 Å². The third-order valence-electron chi connectivity index (χ3n) is 6.05. The molecule has 1 saturated carbocycles. The highest BCUT2D eigenvalue weighted by Crippen LogP contribution is 2.37. The Kier molecular flexibility index (Phi) is 7.34. The molecule has 3 heteroatoms. The monoisotopic (exact) mass is 408 g/mol. The third kappa shape index (κ3) is 5.01. The molecule has 0 aliphatic heterocycles. The van der Waals surface area contributed by atoms with E-state index in [0.29, 0.717) is 12.8 Å². The number of hydrogen-bond acceptors (Lipinski definition) is 3. The quantitative estimate of drug-likeness (QED) is 0.401. The highest BCUT2D eigenvalue weighted by Gasteiger charge is 2.38. The summed E-state index contributed by atoms with van der Waals surface area (Å²) in [6, 6.07) is 12.7. The van der Waals surface area contributed by atoms with Crippen LogP contribution in [-0.4, -0.2) is 17.3 Å². The fourth-order valence-electron chi connectivity index (χ4n) is 4.55. The van der Waals surface area contributed by atoms with Crippen molar-refractivity contribution >= 4 is 23.3 Å². The molecule has 1 aliphatic rings. The maximum atomic E-state index is 13.1. The molecule has 0 aromatic heterocycles. The fourth-order valence-corrected chi connectivity index (χ4v) is 5.69. The van der Waals surface area contributed by atoms with Gasteiger partial charge in [0.1, 0.15) is 17.5 Å². The van der Waals surface area contributed by atoms with E-state index in [1.54, 1.807) is 0 Å². The number of hydrogen-bond donors (Lipinski definition) is 0. The number of thioether (sulfide) groups is 1. The Morgan fingerprint density at radius 2 is 1.52 bits per heavy atom. The molecule has 2 aromatic carbocycles. The van der Waals surface area contributed by atoms with Gasteiger partial charge in [-0.15, -0.1) is 11.8 Å². The molecule has 2 aromatic rings. The van der Waals surface area contributed by atoms with Crippen LogP contribution in [0, 0.1) is 19.8 Å². The molecule has 29 heavy (non-hydrogen) atoms. The zero-order valence-electron chi connectivity index (χ0n) is 18.1. The van der Waals surface area contributed by atoms with E-state index in [1.165, 1.54) is 27.1 Å². The molecular weight excluding hydrogens is 376 g/mol. The zero-order chi connectivity index (χ0) is 21.0. The van der Waals surface area contributed by atoms with E-state index in [9.17, 15) is 9.59 Å². The Bertz CT molecular complexity index is 856. The van der Waals surface area contributed by atoms with Crippen molar-refractivity contribution in [3.8, 4) is 0 Å². The minimum absolute atomic E-state index is 0.125. The summed E-state index contributed by atoms with van der Waals surface area (Å²) in [6.45, 7) is 8.44. The van der Waals surface area contributed by atoms with Crippen LogP contribution < -0.4 is 0 Å². The summed E-state index contributed by atoms with van der Waals surface area (Å²) in [4.78, 5) is 27.5. The number of carbonyl (C=O) groups is 2. The number of benzene rings is 2. The maximum Gasteiger partial charge on any atom is 0.148 e. The predicted molar refractivity (Wildman–Crippen MR) is 122 cm³/mol. The lowest BCUT2D eigenvalue weighted by Crippen LogP contribution is -2.33. The van der Waals surface area contributed by atoms with Crippen LogP contribution in [0.5, 0.6) is 0 Å². The number of aryl methyl sites for hydroxylation is 4. The molecule has 0 N–H and O–H groups in total. The summed E-state index contributed by atoms with van der Waals surface area (Å²) in [5.41, 5.74) is 5.85. The molecule has 3 rings (SSSR count). The smallest absolute Gasteiger partial charge is 0.148 e. The first kappa shape index (κ1) is 21.8. The van der Waals surface area contributed by atoms with Gasteiger partial charge in [-0.3, -0.25) is 9.59 Å². The molecule has 0 saturated heterocycles. The Labute approximate surface area is 179 Å². The van der Waals surface area contributed by atoms with Gasteiger partial charge in [0.15, 0.2) is 0 Å². The van der Waals surface area contributed by atoms with E-state index in [-0.39, 0.29) is 17.5 Å². The second-order valence-corrected chi connectivity index (χ2v) is 9.38. The van der Waals surface area contributed by atoms with Gasteiger partial charge in [-0.2, -0.15) is 0 Å². The van der Waals surface area contributed by atoms with Gasteiger partial charge in [-0.1, -0.05) is 49.7 Å². The van der Waals surface area contributed by atoms with E-state index >= 15 is 0 Å². The molecule has 2 nitrogen and oxygen atoms in total. The summed E-state index contributed by atoms with van der Waals surface area (Å²) in [6.07, 6.45) is 3.70. The molecule has 0 bridgehead atoms. The van der Waals surface area contributed by atoms with Gasteiger partial charge >= 0.3 is 0 Å². The van der Waals surface area contributed by atoms with Crippen molar-refractivity contribution in [3.63, 3.8) is 0 Å². The summed E-state index contributed by atoms with van der Waals surface area (Å²) in [7, 11) is 0. The Balaban J connectivity index is 1.70. The lowest BCUT2D eigenvalue weighted by Gasteiger charge is -2.29. The van der Waals surface area contributed by atoms with Crippen LogP contribution in [-0.2, 0) is 22.4 Å². The SMILES string of the molecule is CCc1cc(C)cc(CC)c1C1C(=O)CC(CCSc2ccccc2C)CC1=O. The van der Waals surface area contributed by atoms with Crippen molar-refractivity contribution in [2.24, 2.45) is 5.92 Å². The largest absolute Gasteiger partial charge is 0.299 e. The average molecular weight is 409 g/mol. The van der Waals surface area contributed by atoms with Gasteiger partial charge in [0.05, 0.1) is 0 Å². The van der Waals surface area contributed by atoms with Crippen molar-refractivity contribution in [2.75, 3.05) is 5.75 Å². The van der Waals surface area contributed by atoms with Gasteiger partial charge in [0.25, 0.3) is 0 Å². The molecular formula is C26H32O2S. The molecule has 154 valence electrons. The molecule has 1 fully saturated rings. The van der Waals surface area contributed by atoms with Gasteiger partial charge in [-0.05, 0) is 73.1 Å². The first-order valence-electron chi connectivity index (χ1n) is 10.8. The number of carbonyl (C=O) groups excluding carboxylic acids is 2. The van der Waals surface area contributed by atoms with Crippen LogP contribution in [0.1, 0.15) is 66.8 Å². The standard InChI is InChI=1S/C26H32O2S/c1-5-20-13-17(3)14-21(6-2)25(20)26-22(27)15-19(16-23(26)28)11-12-29-24-10-8-7-9-18(24)4/h7-10,13-14,19,26H,5-6,11-12,15-16H2,1-4H3. The van der Waals surface area contributed by atoms with Crippen LogP contribution in [0.3, 0.4) is 0 Å². The van der Waals surface area contributed by atoms with Gasteiger partial charge < -0.3 is 0 Å². The third-order valence-corrected chi connectivity index (χ3v) is 7.26. The van der Waals surface area contributed by atoms with Crippen molar-refractivity contribution in [1.82, 2.24) is 0 Å². The van der Waals surface area contributed by atoms with E-state index in [2.05, 4.69) is 64.1 Å². The van der Waals surface area contributed by atoms with Crippen molar-refractivity contribution in [2.45, 2.75) is 70.6 Å². The van der Waals surface area contributed by atoms with Crippen molar-refractivity contribution in [3.05, 3.63) is 64.2 Å². The minimum atomic E-state index is -0.541. The average Bonchev–Trinajstić information content (AvgIpc) is 2.69. The number of Topliss-reactive ketones (excluding diaryl/α,β-unsaturated/α-hetero) is 2. The van der Waals surface area contributed by atoms with Crippen LogP contribution in [0.2, 0.25) is 0 Å². The summed E-state index contributed by atoms with van der Waals surface area (Å²) in [5, 5.41) is 0. The first-order chi connectivity index (χ1) is 13.9. The maximum absolute atomic E-state index is 13.1. The van der Waals surface area contributed by atoms with Crippen molar-refractivity contribution < 1.29 is 9.59 Å². The first-order valence-corrected chi connectivity index (χ1v) is 11.8. The molecule has 0 unspecified atom stereocenters. The predicted octanol–water partition coefficient (Wildman–Crippen LogP) is 6.24. The molecule has 0 heterocycles. The molecule has 0 radical (unpaired) electrons. The van der Waals surface area contributed by atoms with E-state index < -0.39 is 5.92 Å². The molecule has 1 aliphatic carbocycles. The van der Waals surface area contributed by atoms with Gasteiger partial charge in [0, 0.05) is 17.7 Å². The Morgan fingerprint density at radius 1 is 0.931 bits per heavy atom. The summed E-state index contributed by atoms with van der Waals surface area (Å²) in [5.74, 6) is 0.844. The van der Waals surface area contributed by atoms with Crippen LogP contribution in [0.4, 0.5) is 0 Å². The second-order valence-electron chi connectivity index (χ2n) is 8.25. The Hall–Kier alpha value is -1.87. The molecule has 0 amide bonds. The lowest BCUT2D eigenvalue weighted by molar-refractivity contribution is -0.133. The van der Waals surface area contributed by atoms with E-state index in [1.807, 2.05) is 11.8 Å². The highest BCUT2D eigenvalue weighted by atomic mass is 32.2. The summed E-state index contributed by atoms with van der Waals surface area (Å²) >= 11 is 1.83. The second kappa shape index (κ2) is 9.75. The topological polar surface area (TPSA) is 34.1 Å². The van der Waals surface area contributed by atoms with E-state index in [4.69, 9.17) is 0 Å². The summed E-state index contributed by atoms with van der Waals surface area (Å²) < 4.78 is 0. The normalized spacial score (nSPS) is 19.6. The van der Waals surface area contributed by atoms with Crippen molar-refractivity contribution in [1.29, 1.82) is 0 Å². The van der Waals surface area contributed by atoms with Crippen LogP contribution in [0.25, 0.3) is 0 Å². The van der Waals surface area contributed by atoms with E-state index in [0.717, 1.165) is 30.6 Å². The minimum Gasteiger partial charge on any atom is -0.299 e. The highest BCUT2D eigenvalue weighted by molar-refractivity contribution is 7.99.